The minimum absolute atomic E-state index is 0.213. The predicted molar refractivity (Wildman–Crippen MR) is 94.7 cm³/mol. The van der Waals surface area contributed by atoms with E-state index >= 15 is 0 Å². The minimum atomic E-state index is -0.282. The second-order valence-corrected chi connectivity index (χ2v) is 7.38. The van der Waals surface area contributed by atoms with Crippen molar-refractivity contribution in [3.63, 3.8) is 0 Å². The molecule has 2 aromatic rings. The lowest BCUT2D eigenvalue weighted by Crippen LogP contribution is -2.47. The molecule has 1 saturated heterocycles. The molecule has 136 valence electrons. The Morgan fingerprint density at radius 3 is 2.48 bits per heavy atom. The second-order valence-electron chi connectivity index (χ2n) is 7.38. The van der Waals surface area contributed by atoms with Gasteiger partial charge in [-0.15, -0.1) is 5.10 Å². The fourth-order valence-electron chi connectivity index (χ4n) is 3.22. The van der Waals surface area contributed by atoms with Crippen LogP contribution in [0.5, 0.6) is 0 Å². The molecule has 1 fully saturated rings. The maximum atomic E-state index is 14.7. The van der Waals surface area contributed by atoms with Crippen LogP contribution >= 0.6 is 0 Å². The lowest BCUT2D eigenvalue weighted by molar-refractivity contribution is 0.116. The summed E-state index contributed by atoms with van der Waals surface area (Å²) in [6.07, 6.45) is 0.887. The second kappa shape index (κ2) is 7.17. The van der Waals surface area contributed by atoms with E-state index < -0.39 is 0 Å². The van der Waals surface area contributed by atoms with Crippen molar-refractivity contribution in [2.24, 2.45) is 0 Å². The average Bonchev–Trinajstić information content (AvgIpc) is 3.09. The molecular formula is C18H27FN6. The summed E-state index contributed by atoms with van der Waals surface area (Å²) in [5.41, 5.74) is 0.407. The predicted octanol–water partition coefficient (Wildman–Crippen LogP) is 2.29. The molecule has 0 saturated carbocycles. The molecule has 6 nitrogen and oxygen atoms in total. The molecular weight excluding hydrogens is 319 g/mol. The Hall–Kier alpha value is -1.86. The Morgan fingerprint density at radius 2 is 1.84 bits per heavy atom. The molecule has 0 amide bonds. The number of rotatable bonds is 5. The Balaban J connectivity index is 2.07. The summed E-state index contributed by atoms with van der Waals surface area (Å²) < 4.78 is 16.5. The largest absolute Gasteiger partial charge is 0.304 e. The van der Waals surface area contributed by atoms with Gasteiger partial charge in [0, 0.05) is 31.7 Å². The fourth-order valence-corrected chi connectivity index (χ4v) is 3.22. The number of likely N-dealkylation sites (N-methyl/N-ethyl adjacent to an activating group) is 1. The van der Waals surface area contributed by atoms with E-state index in [1.54, 1.807) is 6.07 Å². The van der Waals surface area contributed by atoms with Crippen molar-refractivity contribution in [3.8, 4) is 0 Å². The molecule has 1 atom stereocenters. The zero-order chi connectivity index (χ0) is 18.0. The highest BCUT2D eigenvalue weighted by atomic mass is 19.1. The summed E-state index contributed by atoms with van der Waals surface area (Å²) in [7, 11) is 2.11. The minimum Gasteiger partial charge on any atom is -0.304 e. The van der Waals surface area contributed by atoms with Gasteiger partial charge in [0.1, 0.15) is 11.9 Å². The topological polar surface area (TPSA) is 50.1 Å². The van der Waals surface area contributed by atoms with Gasteiger partial charge in [0.15, 0.2) is 5.82 Å². The summed E-state index contributed by atoms with van der Waals surface area (Å²) in [5, 5.41) is 12.5. The third-order valence-electron chi connectivity index (χ3n) is 5.28. The third kappa shape index (κ3) is 3.57. The lowest BCUT2D eigenvalue weighted by atomic mass is 9.99. The smallest absolute Gasteiger partial charge is 0.173 e. The maximum Gasteiger partial charge on any atom is 0.173 e. The van der Waals surface area contributed by atoms with Crippen molar-refractivity contribution >= 4 is 0 Å². The Morgan fingerprint density at radius 1 is 1.16 bits per heavy atom. The van der Waals surface area contributed by atoms with Gasteiger partial charge in [-0.25, -0.2) is 9.07 Å². The number of hydrogen-bond donors (Lipinski definition) is 0. The molecule has 0 spiro atoms. The zero-order valence-electron chi connectivity index (χ0n) is 15.5. The number of aromatic nitrogens is 4. The summed E-state index contributed by atoms with van der Waals surface area (Å²) in [5.74, 6) is 0.497. The van der Waals surface area contributed by atoms with Crippen molar-refractivity contribution in [1.29, 1.82) is 0 Å². The number of piperazine rings is 1. The molecule has 7 heteroatoms. The quantitative estimate of drug-likeness (QED) is 0.831. The summed E-state index contributed by atoms with van der Waals surface area (Å²) in [6.45, 7) is 9.93. The Labute approximate surface area is 148 Å². The van der Waals surface area contributed by atoms with Gasteiger partial charge in [-0.05, 0) is 43.8 Å². The SMILES string of the molecule is CCC(C)(C)n1nnnc1C(c1ccccc1F)N1CCN(C)CC1. The van der Waals surface area contributed by atoms with Crippen molar-refractivity contribution < 1.29 is 4.39 Å². The first-order valence-electron chi connectivity index (χ1n) is 8.90. The van der Waals surface area contributed by atoms with E-state index in [1.165, 1.54) is 6.07 Å². The van der Waals surface area contributed by atoms with Crippen molar-refractivity contribution in [2.45, 2.75) is 38.8 Å². The molecule has 0 N–H and O–H groups in total. The highest BCUT2D eigenvalue weighted by molar-refractivity contribution is 5.27. The number of hydrogen-bond acceptors (Lipinski definition) is 5. The van der Waals surface area contributed by atoms with E-state index in [1.807, 2.05) is 16.8 Å². The van der Waals surface area contributed by atoms with Crippen molar-refractivity contribution in [2.75, 3.05) is 33.2 Å². The number of tetrazole rings is 1. The van der Waals surface area contributed by atoms with E-state index in [2.05, 4.69) is 53.1 Å². The highest BCUT2D eigenvalue weighted by Gasteiger charge is 2.34. The summed E-state index contributed by atoms with van der Waals surface area (Å²) >= 11 is 0. The molecule has 1 aromatic heterocycles. The third-order valence-corrected chi connectivity index (χ3v) is 5.28. The van der Waals surface area contributed by atoms with Crippen LogP contribution in [0, 0.1) is 5.82 Å². The van der Waals surface area contributed by atoms with Gasteiger partial charge in [-0.1, -0.05) is 25.1 Å². The molecule has 1 aromatic carbocycles. The van der Waals surface area contributed by atoms with Gasteiger partial charge in [0.2, 0.25) is 0 Å². The van der Waals surface area contributed by atoms with Crippen LogP contribution in [0.25, 0.3) is 0 Å². The van der Waals surface area contributed by atoms with Crippen LogP contribution in [-0.2, 0) is 5.54 Å². The van der Waals surface area contributed by atoms with Crippen LogP contribution in [0.2, 0.25) is 0 Å². The van der Waals surface area contributed by atoms with Crippen LogP contribution in [0.15, 0.2) is 24.3 Å². The van der Waals surface area contributed by atoms with Gasteiger partial charge in [-0.3, -0.25) is 4.90 Å². The molecule has 2 heterocycles. The first-order valence-corrected chi connectivity index (χ1v) is 8.90. The molecule has 25 heavy (non-hydrogen) atoms. The lowest BCUT2D eigenvalue weighted by Gasteiger charge is -2.38. The van der Waals surface area contributed by atoms with Crippen LogP contribution in [0.1, 0.15) is 44.6 Å². The van der Waals surface area contributed by atoms with Crippen molar-refractivity contribution in [1.82, 2.24) is 30.0 Å². The standard InChI is InChI=1S/C18H27FN6/c1-5-18(2,3)25-17(20-21-22-25)16(14-8-6-7-9-15(14)19)24-12-10-23(4)11-13-24/h6-9,16H,5,10-13H2,1-4H3. The summed E-state index contributed by atoms with van der Waals surface area (Å²) in [4.78, 5) is 4.57. The first kappa shape index (κ1) is 17.9. The normalized spacial score (nSPS) is 18.4. The van der Waals surface area contributed by atoms with Crippen LogP contribution < -0.4 is 0 Å². The van der Waals surface area contributed by atoms with Gasteiger partial charge in [0.25, 0.3) is 0 Å². The highest BCUT2D eigenvalue weighted by Crippen LogP contribution is 2.32. The van der Waals surface area contributed by atoms with E-state index in [4.69, 9.17) is 0 Å². The molecule has 0 radical (unpaired) electrons. The van der Waals surface area contributed by atoms with Gasteiger partial charge in [0.05, 0.1) is 5.54 Å². The van der Waals surface area contributed by atoms with Crippen molar-refractivity contribution in [3.05, 3.63) is 41.5 Å². The monoisotopic (exact) mass is 346 g/mol. The van der Waals surface area contributed by atoms with E-state index in [-0.39, 0.29) is 17.4 Å². The molecule has 1 aliphatic heterocycles. The zero-order valence-corrected chi connectivity index (χ0v) is 15.5. The van der Waals surface area contributed by atoms with Gasteiger partial charge >= 0.3 is 0 Å². The van der Waals surface area contributed by atoms with E-state index in [0.29, 0.717) is 11.4 Å². The molecule has 0 bridgehead atoms. The van der Waals surface area contributed by atoms with Crippen LogP contribution in [0.3, 0.4) is 0 Å². The number of halogens is 1. The van der Waals surface area contributed by atoms with Crippen LogP contribution in [0.4, 0.5) is 4.39 Å². The number of nitrogens with zero attached hydrogens (tertiary/aromatic N) is 6. The molecule has 1 aliphatic rings. The van der Waals surface area contributed by atoms with E-state index in [0.717, 1.165) is 32.6 Å². The first-order chi connectivity index (χ1) is 11.9. The van der Waals surface area contributed by atoms with Gasteiger partial charge in [-0.2, -0.15) is 0 Å². The van der Waals surface area contributed by atoms with E-state index in [9.17, 15) is 4.39 Å². The average molecular weight is 346 g/mol. The summed E-state index contributed by atoms with van der Waals surface area (Å²) in [6, 6.07) is 6.67. The Bertz CT molecular complexity index is 705. The van der Waals surface area contributed by atoms with Gasteiger partial charge < -0.3 is 4.90 Å². The molecule has 3 rings (SSSR count). The van der Waals surface area contributed by atoms with Crippen LogP contribution in [-0.4, -0.2) is 63.2 Å². The molecule has 1 unspecified atom stereocenters. The maximum absolute atomic E-state index is 14.7. The fraction of sp³-hybridized carbons (Fsp3) is 0.611. The number of benzene rings is 1. The Kier molecular flexibility index (Phi) is 5.15. The molecule has 0 aliphatic carbocycles.